The molecule has 54 heavy (non-hydrogen) atoms. The summed E-state index contributed by atoms with van der Waals surface area (Å²) in [6.07, 6.45) is 22.5. The van der Waals surface area contributed by atoms with Crippen molar-refractivity contribution in [2.75, 3.05) is 13.2 Å². The molecule has 1 heterocycles. The first kappa shape index (κ1) is 50.3. The van der Waals surface area contributed by atoms with Crippen molar-refractivity contribution in [2.45, 2.75) is 198 Å². The second-order valence-electron chi connectivity index (χ2n) is 14.3. The Morgan fingerprint density at radius 3 is 1.78 bits per heavy atom. The summed E-state index contributed by atoms with van der Waals surface area (Å²) in [5.74, 6) is -0.721. The van der Waals surface area contributed by atoms with Crippen LogP contribution in [0.5, 0.6) is 0 Å². The highest BCUT2D eigenvalue weighted by atomic mass is 32.3. The van der Waals surface area contributed by atoms with Crippen molar-refractivity contribution in [3.05, 3.63) is 36.5 Å². The van der Waals surface area contributed by atoms with E-state index in [2.05, 4.69) is 47.7 Å². The number of allylic oxidation sites excluding steroid dienone is 5. The number of aliphatic hydroxyl groups is 5. The van der Waals surface area contributed by atoms with Crippen LogP contribution in [0.15, 0.2) is 36.5 Å². The second kappa shape index (κ2) is 31.4. The lowest BCUT2D eigenvalue weighted by Crippen LogP contribution is -2.61. The van der Waals surface area contributed by atoms with Crippen molar-refractivity contribution in [3.63, 3.8) is 0 Å². The molecule has 0 aliphatic carbocycles. The standard InChI is InChI=1S/C40H73NO12S/c1-3-5-7-9-11-13-14-15-16-17-18-19-21-22-24-26-28-33(43)32(41-39(47)34(44)29-27-25-23-20-12-10-8-6-4-2)31-51-40-37(46)38(53-54(48,49)50)36(45)35(30-42)52-40/h15-16,19,21,26,28,32-38,40,42-46H,3-14,17-18,20,22-25,27,29-31H2,1-2H3,(H,41,47)(H,48,49,50)/b16-15+,21-19+,28-26+. The Bertz CT molecular complexity index is 1130. The van der Waals surface area contributed by atoms with Gasteiger partial charge in [-0.1, -0.05) is 140 Å². The highest BCUT2D eigenvalue weighted by Gasteiger charge is 2.48. The smallest absolute Gasteiger partial charge is 0.394 e. The maximum Gasteiger partial charge on any atom is 0.397 e. The van der Waals surface area contributed by atoms with Crippen LogP contribution in [0.1, 0.15) is 149 Å². The van der Waals surface area contributed by atoms with Crippen molar-refractivity contribution >= 4 is 16.3 Å². The fraction of sp³-hybridized carbons (Fsp3) is 0.825. The zero-order valence-corrected chi connectivity index (χ0v) is 33.7. The van der Waals surface area contributed by atoms with E-state index >= 15 is 0 Å². The van der Waals surface area contributed by atoms with Crippen LogP contribution >= 0.6 is 0 Å². The molecule has 0 saturated carbocycles. The van der Waals surface area contributed by atoms with E-state index in [1.807, 2.05) is 0 Å². The van der Waals surface area contributed by atoms with Crippen LogP contribution in [0.2, 0.25) is 0 Å². The summed E-state index contributed by atoms with van der Waals surface area (Å²) in [5.41, 5.74) is 0. The van der Waals surface area contributed by atoms with Gasteiger partial charge in [-0.05, 0) is 44.9 Å². The van der Waals surface area contributed by atoms with E-state index in [1.54, 1.807) is 6.08 Å². The second-order valence-corrected chi connectivity index (χ2v) is 15.4. The van der Waals surface area contributed by atoms with Crippen LogP contribution in [-0.4, -0.2) is 107 Å². The number of hydrogen-bond donors (Lipinski definition) is 7. The minimum atomic E-state index is -5.12. The molecule has 8 unspecified atom stereocenters. The quantitative estimate of drug-likeness (QED) is 0.0241. The molecular weight excluding hydrogens is 719 g/mol. The summed E-state index contributed by atoms with van der Waals surface area (Å²) in [6, 6.07) is -1.14. The highest BCUT2D eigenvalue weighted by Crippen LogP contribution is 2.26. The number of carbonyl (C=O) groups is 1. The third kappa shape index (κ3) is 24.0. The first-order valence-corrected chi connectivity index (χ1v) is 21.8. The van der Waals surface area contributed by atoms with Gasteiger partial charge in [-0.15, -0.1) is 0 Å². The number of rotatable bonds is 33. The Morgan fingerprint density at radius 1 is 0.741 bits per heavy atom. The summed E-state index contributed by atoms with van der Waals surface area (Å²) in [4.78, 5) is 13.0. The van der Waals surface area contributed by atoms with Crippen LogP contribution in [0.25, 0.3) is 0 Å². The van der Waals surface area contributed by atoms with Gasteiger partial charge in [0.1, 0.15) is 30.5 Å². The molecule has 1 aliphatic rings. The molecule has 1 rings (SSSR count). The van der Waals surface area contributed by atoms with E-state index in [-0.39, 0.29) is 6.42 Å². The Kier molecular flexibility index (Phi) is 29.2. The van der Waals surface area contributed by atoms with Crippen molar-refractivity contribution in [3.8, 4) is 0 Å². The number of aliphatic hydroxyl groups excluding tert-OH is 5. The summed E-state index contributed by atoms with van der Waals surface area (Å²) >= 11 is 0. The summed E-state index contributed by atoms with van der Waals surface area (Å²) in [7, 11) is -5.12. The van der Waals surface area contributed by atoms with E-state index in [1.165, 1.54) is 76.7 Å². The molecule has 1 aliphatic heterocycles. The van der Waals surface area contributed by atoms with E-state index in [0.717, 1.165) is 44.9 Å². The average Bonchev–Trinajstić information content (AvgIpc) is 3.14. The lowest BCUT2D eigenvalue weighted by Gasteiger charge is -2.41. The molecule has 0 aromatic heterocycles. The molecule has 14 heteroatoms. The molecule has 316 valence electrons. The van der Waals surface area contributed by atoms with Crippen molar-refractivity contribution in [1.82, 2.24) is 5.32 Å². The minimum Gasteiger partial charge on any atom is -0.394 e. The number of unbranched alkanes of at least 4 members (excludes halogenated alkanes) is 16. The van der Waals surface area contributed by atoms with Crippen LogP contribution < -0.4 is 5.32 Å². The van der Waals surface area contributed by atoms with Gasteiger partial charge in [0.05, 0.1) is 25.4 Å². The predicted octanol–water partition coefficient (Wildman–Crippen LogP) is 5.74. The van der Waals surface area contributed by atoms with Gasteiger partial charge in [-0.25, -0.2) is 4.18 Å². The number of amides is 1. The number of carbonyl (C=O) groups excluding carboxylic acids is 1. The Hall–Kier alpha value is -1.72. The van der Waals surface area contributed by atoms with Gasteiger partial charge in [-0.3, -0.25) is 9.35 Å². The lowest BCUT2D eigenvalue weighted by molar-refractivity contribution is -0.298. The Labute approximate surface area is 325 Å². The van der Waals surface area contributed by atoms with Crippen LogP contribution in [0.3, 0.4) is 0 Å². The molecule has 0 aromatic rings. The molecule has 0 bridgehead atoms. The molecule has 1 amide bonds. The SMILES string of the molecule is CCCCCCCC/C=C/CC/C=C/CC/C=C/C(O)C(COC1OC(CO)C(O)C(OS(=O)(=O)O)C1O)NC(=O)C(O)CCCCCCCCCCC. The van der Waals surface area contributed by atoms with Crippen molar-refractivity contribution < 1.29 is 57.0 Å². The van der Waals surface area contributed by atoms with Crippen LogP contribution in [0, 0.1) is 0 Å². The number of ether oxygens (including phenoxy) is 2. The highest BCUT2D eigenvalue weighted by molar-refractivity contribution is 7.80. The topological polar surface area (TPSA) is 212 Å². The monoisotopic (exact) mass is 791 g/mol. The normalized spacial score (nSPS) is 22.7. The zero-order chi connectivity index (χ0) is 40.0. The Balaban J connectivity index is 2.72. The maximum atomic E-state index is 13.0. The third-order valence-electron chi connectivity index (χ3n) is 9.51. The van der Waals surface area contributed by atoms with Gasteiger partial charge in [-0.2, -0.15) is 8.42 Å². The van der Waals surface area contributed by atoms with Gasteiger partial charge < -0.3 is 40.3 Å². The van der Waals surface area contributed by atoms with E-state index in [0.29, 0.717) is 12.8 Å². The minimum absolute atomic E-state index is 0.234. The number of nitrogens with one attached hydrogen (secondary N) is 1. The lowest BCUT2D eigenvalue weighted by atomic mass is 9.99. The van der Waals surface area contributed by atoms with E-state index < -0.39 is 78.5 Å². The van der Waals surface area contributed by atoms with Crippen LogP contribution in [-0.2, 0) is 28.9 Å². The van der Waals surface area contributed by atoms with Crippen molar-refractivity contribution in [1.29, 1.82) is 0 Å². The van der Waals surface area contributed by atoms with Crippen molar-refractivity contribution in [2.24, 2.45) is 0 Å². The zero-order valence-electron chi connectivity index (χ0n) is 32.9. The molecule has 0 spiro atoms. The Morgan fingerprint density at radius 2 is 1.24 bits per heavy atom. The fourth-order valence-electron chi connectivity index (χ4n) is 6.20. The molecule has 1 fully saturated rings. The third-order valence-corrected chi connectivity index (χ3v) is 9.97. The molecule has 13 nitrogen and oxygen atoms in total. The average molecular weight is 792 g/mol. The van der Waals surface area contributed by atoms with E-state index in [9.17, 15) is 38.7 Å². The summed E-state index contributed by atoms with van der Waals surface area (Å²) < 4.78 is 47.3. The molecule has 7 N–H and O–H groups in total. The molecule has 0 aromatic carbocycles. The van der Waals surface area contributed by atoms with Gasteiger partial charge in [0.25, 0.3) is 0 Å². The molecule has 8 atom stereocenters. The molecule has 0 radical (unpaired) electrons. The fourth-order valence-corrected chi connectivity index (χ4v) is 6.70. The van der Waals surface area contributed by atoms with Gasteiger partial charge in [0.15, 0.2) is 6.29 Å². The maximum absolute atomic E-state index is 13.0. The van der Waals surface area contributed by atoms with Gasteiger partial charge in [0, 0.05) is 0 Å². The van der Waals surface area contributed by atoms with Gasteiger partial charge >= 0.3 is 10.4 Å². The van der Waals surface area contributed by atoms with Gasteiger partial charge in [0.2, 0.25) is 5.91 Å². The molecular formula is C40H73NO12S. The summed E-state index contributed by atoms with van der Waals surface area (Å²) in [6.45, 7) is 3.12. The summed E-state index contributed by atoms with van der Waals surface area (Å²) in [5, 5.41) is 54.8. The van der Waals surface area contributed by atoms with E-state index in [4.69, 9.17) is 14.0 Å². The predicted molar refractivity (Wildman–Crippen MR) is 210 cm³/mol. The molecule has 1 saturated heterocycles. The first-order valence-electron chi connectivity index (χ1n) is 20.5. The largest absolute Gasteiger partial charge is 0.397 e. The first-order chi connectivity index (χ1) is 25.9. The van der Waals surface area contributed by atoms with Crippen LogP contribution in [0.4, 0.5) is 0 Å². The number of hydrogen-bond acceptors (Lipinski definition) is 11.